The second-order valence-electron chi connectivity index (χ2n) is 4.74. The predicted molar refractivity (Wildman–Crippen MR) is 70.7 cm³/mol. The van der Waals surface area contributed by atoms with E-state index in [9.17, 15) is 4.79 Å². The fraction of sp³-hybridized carbons (Fsp3) is 0.500. The minimum atomic E-state index is -0.800. The first-order valence-electron chi connectivity index (χ1n) is 6.40. The Labute approximate surface area is 112 Å². The highest BCUT2D eigenvalue weighted by Gasteiger charge is 2.25. The summed E-state index contributed by atoms with van der Waals surface area (Å²) in [6, 6.07) is 3.85. The Morgan fingerprint density at radius 2 is 2.00 bits per heavy atom. The van der Waals surface area contributed by atoms with E-state index >= 15 is 0 Å². The summed E-state index contributed by atoms with van der Waals surface area (Å²) in [5, 5.41) is 8.58. The van der Waals surface area contributed by atoms with Crippen LogP contribution in [0.25, 0.3) is 0 Å². The van der Waals surface area contributed by atoms with Gasteiger partial charge in [0.2, 0.25) is 0 Å². The van der Waals surface area contributed by atoms with Gasteiger partial charge in [-0.15, -0.1) is 0 Å². The monoisotopic (exact) mass is 265 g/mol. The number of hydrogen-bond donors (Lipinski definition) is 2. The number of rotatable bonds is 6. The first-order valence-corrected chi connectivity index (χ1v) is 6.40. The maximum Gasteiger partial charge on any atom is 0.303 e. The van der Waals surface area contributed by atoms with E-state index in [2.05, 4.69) is 0 Å². The normalized spacial score (nSPS) is 17.1. The molecule has 5 nitrogen and oxygen atoms in total. The summed E-state index contributed by atoms with van der Waals surface area (Å²) in [5.74, 6) is 0.848. The predicted octanol–water partition coefficient (Wildman–Crippen LogP) is 1.36. The minimum absolute atomic E-state index is 0.104. The van der Waals surface area contributed by atoms with E-state index in [4.69, 9.17) is 20.3 Å². The molecule has 0 aliphatic heterocycles. The molecule has 1 atom stereocenters. The van der Waals surface area contributed by atoms with Crippen LogP contribution in [0.2, 0.25) is 0 Å². The molecular weight excluding hydrogens is 246 g/mol. The van der Waals surface area contributed by atoms with Gasteiger partial charge in [0.25, 0.3) is 0 Å². The summed E-state index contributed by atoms with van der Waals surface area (Å²) >= 11 is 0. The van der Waals surface area contributed by atoms with E-state index in [-0.39, 0.29) is 12.5 Å². The third-order valence-corrected chi connectivity index (χ3v) is 3.29. The fourth-order valence-electron chi connectivity index (χ4n) is 2.43. The second-order valence-corrected chi connectivity index (χ2v) is 4.74. The summed E-state index contributed by atoms with van der Waals surface area (Å²) in [6.07, 6.45) is 2.20. The summed E-state index contributed by atoms with van der Waals surface area (Å²) in [4.78, 5) is 10.4. The van der Waals surface area contributed by atoms with E-state index < -0.39 is 5.97 Å². The van der Waals surface area contributed by atoms with Gasteiger partial charge >= 0.3 is 5.97 Å². The summed E-state index contributed by atoms with van der Waals surface area (Å²) < 4.78 is 11.0. The average Bonchev–Trinajstić information content (AvgIpc) is 2.75. The molecule has 0 spiro atoms. The van der Waals surface area contributed by atoms with Crippen molar-refractivity contribution in [3.8, 4) is 11.5 Å². The van der Waals surface area contributed by atoms with Gasteiger partial charge in [0.15, 0.2) is 0 Å². The molecule has 0 fully saturated rings. The van der Waals surface area contributed by atoms with Crippen molar-refractivity contribution in [1.82, 2.24) is 0 Å². The van der Waals surface area contributed by atoms with E-state index in [1.54, 1.807) is 7.11 Å². The highest BCUT2D eigenvalue weighted by atomic mass is 16.5. The molecule has 0 saturated carbocycles. The maximum atomic E-state index is 10.4. The van der Waals surface area contributed by atoms with Crippen LogP contribution in [0.4, 0.5) is 0 Å². The van der Waals surface area contributed by atoms with Crippen molar-refractivity contribution in [2.45, 2.75) is 31.7 Å². The number of methoxy groups -OCH3 is 1. The van der Waals surface area contributed by atoms with Crippen molar-refractivity contribution < 1.29 is 19.4 Å². The molecule has 1 aliphatic rings. The van der Waals surface area contributed by atoms with E-state index in [0.717, 1.165) is 35.5 Å². The Morgan fingerprint density at radius 3 is 2.63 bits per heavy atom. The summed E-state index contributed by atoms with van der Waals surface area (Å²) in [7, 11) is 1.65. The van der Waals surface area contributed by atoms with Crippen LogP contribution in [-0.4, -0.2) is 30.8 Å². The molecule has 0 saturated heterocycles. The molecular formula is C14H19NO4. The zero-order valence-electron chi connectivity index (χ0n) is 11.0. The Kier molecular flexibility index (Phi) is 4.27. The van der Waals surface area contributed by atoms with Gasteiger partial charge in [-0.05, 0) is 31.4 Å². The first kappa shape index (κ1) is 13.7. The van der Waals surface area contributed by atoms with Crippen molar-refractivity contribution in [3.63, 3.8) is 0 Å². The molecule has 19 heavy (non-hydrogen) atoms. The first-order chi connectivity index (χ1) is 9.11. The van der Waals surface area contributed by atoms with Crippen molar-refractivity contribution in [2.75, 3.05) is 13.7 Å². The second kappa shape index (κ2) is 5.93. The van der Waals surface area contributed by atoms with Crippen LogP contribution in [-0.2, 0) is 17.6 Å². The molecule has 1 unspecified atom stereocenters. The SMILES string of the molecule is COc1ccc(OCCCC(=O)O)c2c1CC(N)C2. The van der Waals surface area contributed by atoms with Crippen LogP contribution in [0, 0.1) is 0 Å². The molecule has 3 N–H and O–H groups in total. The fourth-order valence-corrected chi connectivity index (χ4v) is 2.43. The smallest absolute Gasteiger partial charge is 0.303 e. The quantitative estimate of drug-likeness (QED) is 0.759. The van der Waals surface area contributed by atoms with Gasteiger partial charge in [-0.1, -0.05) is 0 Å². The van der Waals surface area contributed by atoms with Gasteiger partial charge in [-0.25, -0.2) is 0 Å². The van der Waals surface area contributed by atoms with Crippen molar-refractivity contribution >= 4 is 5.97 Å². The van der Waals surface area contributed by atoms with Crippen molar-refractivity contribution in [2.24, 2.45) is 5.73 Å². The lowest BCUT2D eigenvalue weighted by molar-refractivity contribution is -0.137. The third kappa shape index (κ3) is 3.17. The van der Waals surface area contributed by atoms with Crippen LogP contribution < -0.4 is 15.2 Å². The number of carbonyl (C=O) groups is 1. The molecule has 0 radical (unpaired) electrons. The van der Waals surface area contributed by atoms with Gasteiger partial charge in [0.05, 0.1) is 13.7 Å². The number of carboxylic acid groups (broad SMARTS) is 1. The van der Waals surface area contributed by atoms with Crippen LogP contribution in [0.15, 0.2) is 12.1 Å². The topological polar surface area (TPSA) is 81.8 Å². The molecule has 0 heterocycles. The summed E-state index contributed by atoms with van der Waals surface area (Å²) in [5.41, 5.74) is 8.20. The van der Waals surface area contributed by atoms with Crippen LogP contribution in [0.3, 0.4) is 0 Å². The van der Waals surface area contributed by atoms with E-state index in [1.165, 1.54) is 0 Å². The Morgan fingerprint density at radius 1 is 1.37 bits per heavy atom. The molecule has 0 bridgehead atoms. The van der Waals surface area contributed by atoms with Crippen LogP contribution in [0.1, 0.15) is 24.0 Å². The number of hydrogen-bond acceptors (Lipinski definition) is 4. The molecule has 5 heteroatoms. The van der Waals surface area contributed by atoms with Crippen molar-refractivity contribution in [3.05, 3.63) is 23.3 Å². The van der Waals surface area contributed by atoms with Crippen LogP contribution >= 0.6 is 0 Å². The molecule has 1 aromatic carbocycles. The van der Waals surface area contributed by atoms with Crippen LogP contribution in [0.5, 0.6) is 11.5 Å². The molecule has 0 aromatic heterocycles. The van der Waals surface area contributed by atoms with Gasteiger partial charge in [-0.2, -0.15) is 0 Å². The highest BCUT2D eigenvalue weighted by molar-refractivity contribution is 5.66. The Hall–Kier alpha value is -1.75. The Bertz CT molecular complexity index is 473. The largest absolute Gasteiger partial charge is 0.496 e. The number of carboxylic acids is 1. The lowest BCUT2D eigenvalue weighted by Crippen LogP contribution is -2.19. The van der Waals surface area contributed by atoms with Gasteiger partial charge < -0.3 is 20.3 Å². The lowest BCUT2D eigenvalue weighted by atomic mass is 10.1. The van der Waals surface area contributed by atoms with Gasteiger partial charge in [-0.3, -0.25) is 4.79 Å². The molecule has 104 valence electrons. The molecule has 0 amide bonds. The lowest BCUT2D eigenvalue weighted by Gasteiger charge is -2.13. The maximum absolute atomic E-state index is 10.4. The zero-order chi connectivity index (χ0) is 13.8. The molecule has 1 aromatic rings. The number of nitrogens with two attached hydrogens (primary N) is 1. The summed E-state index contributed by atoms with van der Waals surface area (Å²) in [6.45, 7) is 0.403. The number of fused-ring (bicyclic) bond motifs is 1. The zero-order valence-corrected chi connectivity index (χ0v) is 11.0. The molecule has 2 rings (SSSR count). The third-order valence-electron chi connectivity index (χ3n) is 3.29. The average molecular weight is 265 g/mol. The number of benzene rings is 1. The molecule has 1 aliphatic carbocycles. The van der Waals surface area contributed by atoms with Gasteiger partial charge in [0, 0.05) is 23.6 Å². The standard InChI is InChI=1S/C14H19NO4/c1-18-12-4-5-13(19-6-2-3-14(16)17)11-8-9(15)7-10(11)12/h4-5,9H,2-3,6-8,15H2,1H3,(H,16,17). The van der Waals surface area contributed by atoms with Crippen molar-refractivity contribution in [1.29, 1.82) is 0 Å². The number of aliphatic carboxylic acids is 1. The van der Waals surface area contributed by atoms with E-state index in [1.807, 2.05) is 12.1 Å². The highest BCUT2D eigenvalue weighted by Crippen LogP contribution is 2.36. The number of ether oxygens (including phenoxy) is 2. The van der Waals surface area contributed by atoms with Gasteiger partial charge in [0.1, 0.15) is 11.5 Å². The Balaban J connectivity index is 2.06. The minimum Gasteiger partial charge on any atom is -0.496 e. The van der Waals surface area contributed by atoms with E-state index in [0.29, 0.717) is 13.0 Å².